The SMILES string of the molecule is Cc1ccc(-c2cc(C(F)F)nc3sc(C(N)=O)c(NC(=O)C(C)Cn4nc(C)c([N+](=O)[O-])c4C)c23)s1. The monoisotopic (exact) mass is 548 g/mol. The van der Waals surface area contributed by atoms with Gasteiger partial charge in [-0.3, -0.25) is 24.4 Å². The number of alkyl halides is 2. The van der Waals surface area contributed by atoms with Crippen molar-refractivity contribution < 1.29 is 23.3 Å². The summed E-state index contributed by atoms with van der Waals surface area (Å²) in [4.78, 5) is 42.1. The largest absolute Gasteiger partial charge is 0.365 e. The fraction of sp³-hybridized carbons (Fsp3) is 0.304. The van der Waals surface area contributed by atoms with Crippen molar-refractivity contribution in [2.45, 2.75) is 40.7 Å². The number of pyridine rings is 1. The Hall–Kier alpha value is -3.78. The predicted molar refractivity (Wildman–Crippen MR) is 137 cm³/mol. The molecule has 1 atom stereocenters. The normalized spacial score (nSPS) is 12.3. The van der Waals surface area contributed by atoms with Crippen LogP contribution in [0, 0.1) is 36.8 Å². The standard InChI is InChI=1S/C23H22F2N6O4S2/c1-9(8-30-12(4)18(31(34)35)11(3)29-30)22(33)28-17-16-13(15-6-5-10(2)36-15)7-14(20(24)25)27-23(16)37-19(17)21(26)32/h5-7,9,20H,8H2,1-4H3,(H2,26,32)(H,28,33). The summed E-state index contributed by atoms with van der Waals surface area (Å²) in [6, 6.07) is 4.86. The minimum absolute atomic E-state index is 0.0225. The summed E-state index contributed by atoms with van der Waals surface area (Å²) in [5.74, 6) is -2.08. The molecule has 0 bridgehead atoms. The first kappa shape index (κ1) is 26.3. The van der Waals surface area contributed by atoms with E-state index in [1.807, 2.05) is 13.0 Å². The number of nitrogens with two attached hydrogens (primary N) is 1. The molecule has 4 aromatic heterocycles. The lowest BCUT2D eigenvalue weighted by Gasteiger charge is -2.14. The number of hydrogen-bond donors (Lipinski definition) is 2. The van der Waals surface area contributed by atoms with E-state index in [0.29, 0.717) is 21.5 Å². The van der Waals surface area contributed by atoms with Crippen molar-refractivity contribution >= 4 is 56.1 Å². The van der Waals surface area contributed by atoms with Gasteiger partial charge in [0.25, 0.3) is 12.3 Å². The van der Waals surface area contributed by atoms with E-state index in [0.717, 1.165) is 16.2 Å². The summed E-state index contributed by atoms with van der Waals surface area (Å²) < 4.78 is 28.6. The Morgan fingerprint density at radius 2 is 1.95 bits per heavy atom. The number of carbonyl (C=O) groups is 2. The topological polar surface area (TPSA) is 146 Å². The molecule has 0 radical (unpaired) electrons. The summed E-state index contributed by atoms with van der Waals surface area (Å²) in [5, 5.41) is 18.6. The molecule has 0 saturated heterocycles. The summed E-state index contributed by atoms with van der Waals surface area (Å²) in [6.45, 7) is 6.56. The second-order valence-corrected chi connectivity index (χ2v) is 10.8. The number of rotatable bonds is 8. The van der Waals surface area contributed by atoms with Crippen LogP contribution in [0.25, 0.3) is 20.7 Å². The van der Waals surface area contributed by atoms with Crippen molar-refractivity contribution in [2.75, 3.05) is 5.32 Å². The van der Waals surface area contributed by atoms with E-state index < -0.39 is 34.8 Å². The number of carbonyl (C=O) groups excluding carboxylic acids is 2. The van der Waals surface area contributed by atoms with Crippen LogP contribution in [-0.2, 0) is 11.3 Å². The van der Waals surface area contributed by atoms with Crippen molar-refractivity contribution in [1.29, 1.82) is 0 Å². The average molecular weight is 549 g/mol. The van der Waals surface area contributed by atoms with Gasteiger partial charge in [0.15, 0.2) is 0 Å². The lowest BCUT2D eigenvalue weighted by atomic mass is 10.1. The van der Waals surface area contributed by atoms with Crippen molar-refractivity contribution in [3.05, 3.63) is 55.1 Å². The molecule has 14 heteroatoms. The van der Waals surface area contributed by atoms with Crippen molar-refractivity contribution in [2.24, 2.45) is 11.7 Å². The quantitative estimate of drug-likeness (QED) is 0.224. The Kier molecular flexibility index (Phi) is 7.06. The number of hydrogen-bond acceptors (Lipinski definition) is 8. The minimum Gasteiger partial charge on any atom is -0.365 e. The van der Waals surface area contributed by atoms with Gasteiger partial charge < -0.3 is 11.1 Å². The Labute approximate surface area is 217 Å². The van der Waals surface area contributed by atoms with E-state index >= 15 is 0 Å². The van der Waals surface area contributed by atoms with Gasteiger partial charge in [-0.2, -0.15) is 5.10 Å². The van der Waals surface area contributed by atoms with Gasteiger partial charge in [0, 0.05) is 20.7 Å². The van der Waals surface area contributed by atoms with E-state index in [9.17, 15) is 28.5 Å². The van der Waals surface area contributed by atoms with E-state index in [1.54, 1.807) is 19.9 Å². The molecular weight excluding hydrogens is 526 g/mol. The Morgan fingerprint density at radius 3 is 2.49 bits per heavy atom. The van der Waals surface area contributed by atoms with Gasteiger partial charge in [0.2, 0.25) is 5.91 Å². The fourth-order valence-electron chi connectivity index (χ4n) is 4.01. The second-order valence-electron chi connectivity index (χ2n) is 8.51. The van der Waals surface area contributed by atoms with Gasteiger partial charge >= 0.3 is 5.69 Å². The lowest BCUT2D eigenvalue weighted by molar-refractivity contribution is -0.386. The third-order valence-corrected chi connectivity index (χ3v) is 7.94. The Morgan fingerprint density at radius 1 is 1.24 bits per heavy atom. The number of nitrogens with zero attached hydrogens (tertiary/aromatic N) is 4. The van der Waals surface area contributed by atoms with Crippen molar-refractivity contribution in [3.63, 3.8) is 0 Å². The molecule has 0 aromatic carbocycles. The maximum Gasteiger partial charge on any atom is 0.312 e. The van der Waals surface area contributed by atoms with Crippen LogP contribution in [0.3, 0.4) is 0 Å². The smallest absolute Gasteiger partial charge is 0.312 e. The van der Waals surface area contributed by atoms with Gasteiger partial charge in [-0.1, -0.05) is 6.92 Å². The molecule has 3 N–H and O–H groups in total. The Balaban J connectivity index is 1.77. The third-order valence-electron chi connectivity index (χ3n) is 5.80. The summed E-state index contributed by atoms with van der Waals surface area (Å²) >= 11 is 2.20. The lowest BCUT2D eigenvalue weighted by Crippen LogP contribution is -2.26. The molecule has 4 heterocycles. The van der Waals surface area contributed by atoms with Crippen LogP contribution in [0.1, 0.15) is 45.0 Å². The second kappa shape index (κ2) is 9.94. The van der Waals surface area contributed by atoms with Gasteiger partial charge in [-0.05, 0) is 39.0 Å². The van der Waals surface area contributed by atoms with Crippen molar-refractivity contribution in [3.8, 4) is 10.4 Å². The highest BCUT2D eigenvalue weighted by atomic mass is 32.1. The number of primary amides is 1. The van der Waals surface area contributed by atoms with Gasteiger partial charge in [0.1, 0.15) is 26.8 Å². The van der Waals surface area contributed by atoms with Gasteiger partial charge in [-0.15, -0.1) is 22.7 Å². The van der Waals surface area contributed by atoms with Crippen LogP contribution >= 0.6 is 22.7 Å². The van der Waals surface area contributed by atoms with Crippen LogP contribution in [0.15, 0.2) is 18.2 Å². The van der Waals surface area contributed by atoms with Crippen LogP contribution in [0.4, 0.5) is 20.2 Å². The first-order valence-corrected chi connectivity index (χ1v) is 12.6. The number of nitrogens with one attached hydrogen (secondary N) is 1. The van der Waals surface area contributed by atoms with Crippen LogP contribution in [-0.4, -0.2) is 31.5 Å². The highest BCUT2D eigenvalue weighted by Crippen LogP contribution is 2.44. The molecule has 0 aliphatic rings. The van der Waals surface area contributed by atoms with Crippen LogP contribution < -0.4 is 11.1 Å². The number of anilines is 1. The molecule has 2 amide bonds. The molecule has 4 aromatic rings. The molecule has 37 heavy (non-hydrogen) atoms. The summed E-state index contributed by atoms with van der Waals surface area (Å²) in [6.07, 6.45) is -2.84. The van der Waals surface area contributed by atoms with Gasteiger partial charge in [0.05, 0.1) is 23.1 Å². The Bertz CT molecular complexity index is 1560. The molecule has 10 nitrogen and oxygen atoms in total. The number of halogens is 2. The third kappa shape index (κ3) is 4.93. The number of fused-ring (bicyclic) bond motifs is 1. The maximum absolute atomic E-state index is 13.6. The number of thiophene rings is 2. The average Bonchev–Trinajstić information content (AvgIpc) is 3.48. The summed E-state index contributed by atoms with van der Waals surface area (Å²) in [5.41, 5.74) is 6.04. The first-order chi connectivity index (χ1) is 17.4. The number of aryl methyl sites for hydroxylation is 2. The zero-order valence-electron chi connectivity index (χ0n) is 20.2. The molecular formula is C23H22F2N6O4S2. The number of nitro groups is 1. The zero-order valence-corrected chi connectivity index (χ0v) is 21.8. The highest BCUT2D eigenvalue weighted by molar-refractivity contribution is 7.21. The van der Waals surface area contributed by atoms with Crippen LogP contribution in [0.2, 0.25) is 0 Å². The number of amides is 2. The van der Waals surface area contributed by atoms with Gasteiger partial charge in [-0.25, -0.2) is 13.8 Å². The molecule has 4 rings (SSSR count). The molecule has 0 aliphatic carbocycles. The maximum atomic E-state index is 13.6. The van der Waals surface area contributed by atoms with Crippen molar-refractivity contribution in [1.82, 2.24) is 14.8 Å². The molecule has 0 spiro atoms. The first-order valence-electron chi connectivity index (χ1n) is 11.0. The number of aromatic nitrogens is 3. The fourth-order valence-corrected chi connectivity index (χ4v) is 5.92. The van der Waals surface area contributed by atoms with E-state index in [1.165, 1.54) is 29.0 Å². The minimum atomic E-state index is -2.84. The van der Waals surface area contributed by atoms with E-state index in [2.05, 4.69) is 15.4 Å². The van der Waals surface area contributed by atoms with E-state index in [-0.39, 0.29) is 33.3 Å². The zero-order chi connectivity index (χ0) is 27.2. The van der Waals surface area contributed by atoms with Crippen LogP contribution in [0.5, 0.6) is 0 Å². The molecule has 1 unspecified atom stereocenters. The molecule has 194 valence electrons. The molecule has 0 fully saturated rings. The van der Waals surface area contributed by atoms with E-state index in [4.69, 9.17) is 5.73 Å². The highest BCUT2D eigenvalue weighted by Gasteiger charge is 2.28. The molecule has 0 aliphatic heterocycles. The molecule has 0 saturated carbocycles. The summed E-state index contributed by atoms with van der Waals surface area (Å²) in [7, 11) is 0. The predicted octanol–water partition coefficient (Wildman–Crippen LogP) is 5.37.